The molecular formula is C19H29N3O2. The first-order valence-electron chi connectivity index (χ1n) is 8.75. The molecule has 24 heavy (non-hydrogen) atoms. The molecular weight excluding hydrogens is 302 g/mol. The van der Waals surface area contributed by atoms with Gasteiger partial charge in [-0.05, 0) is 31.2 Å². The molecule has 1 aliphatic carbocycles. The van der Waals surface area contributed by atoms with E-state index in [4.69, 9.17) is 5.73 Å². The SMILES string of the molecule is Cc1cccc(C2(NC(=O)CNC(=O)[C@@H](N)C(C)C)CCCC2)c1. The van der Waals surface area contributed by atoms with Crippen molar-refractivity contribution < 1.29 is 9.59 Å². The van der Waals surface area contributed by atoms with E-state index in [1.54, 1.807) is 0 Å². The molecule has 0 unspecified atom stereocenters. The van der Waals surface area contributed by atoms with Gasteiger partial charge in [0.25, 0.3) is 0 Å². The highest BCUT2D eigenvalue weighted by molar-refractivity contribution is 5.87. The zero-order valence-electron chi connectivity index (χ0n) is 14.9. The van der Waals surface area contributed by atoms with E-state index >= 15 is 0 Å². The summed E-state index contributed by atoms with van der Waals surface area (Å²) in [6, 6.07) is 7.71. The van der Waals surface area contributed by atoms with Gasteiger partial charge >= 0.3 is 0 Å². The smallest absolute Gasteiger partial charge is 0.240 e. The molecule has 1 atom stereocenters. The van der Waals surface area contributed by atoms with Crippen molar-refractivity contribution in [2.24, 2.45) is 11.7 Å². The Morgan fingerprint density at radius 3 is 2.50 bits per heavy atom. The Kier molecular flexibility index (Phi) is 5.99. The monoisotopic (exact) mass is 331 g/mol. The molecule has 5 nitrogen and oxygen atoms in total. The van der Waals surface area contributed by atoms with Crippen molar-refractivity contribution in [2.45, 2.75) is 58.0 Å². The average Bonchev–Trinajstić information content (AvgIpc) is 3.01. The van der Waals surface area contributed by atoms with E-state index in [1.165, 1.54) is 5.56 Å². The Morgan fingerprint density at radius 2 is 1.92 bits per heavy atom. The van der Waals surface area contributed by atoms with Crippen LogP contribution >= 0.6 is 0 Å². The van der Waals surface area contributed by atoms with Crippen molar-refractivity contribution in [3.63, 3.8) is 0 Å². The minimum absolute atomic E-state index is 0.0349. The zero-order valence-corrected chi connectivity index (χ0v) is 14.9. The van der Waals surface area contributed by atoms with Gasteiger partial charge in [0.15, 0.2) is 0 Å². The fraction of sp³-hybridized carbons (Fsp3) is 0.579. The first-order valence-corrected chi connectivity index (χ1v) is 8.75. The summed E-state index contributed by atoms with van der Waals surface area (Å²) < 4.78 is 0. The van der Waals surface area contributed by atoms with Crippen LogP contribution in [-0.2, 0) is 15.1 Å². The summed E-state index contributed by atoms with van der Waals surface area (Å²) in [5.74, 6) is -0.402. The lowest BCUT2D eigenvalue weighted by atomic mass is 9.87. The molecule has 0 aliphatic heterocycles. The number of hydrogen-bond donors (Lipinski definition) is 3. The summed E-state index contributed by atoms with van der Waals surface area (Å²) >= 11 is 0. The average molecular weight is 331 g/mol. The quantitative estimate of drug-likeness (QED) is 0.745. The Labute approximate surface area is 144 Å². The number of hydrogen-bond acceptors (Lipinski definition) is 3. The molecule has 5 heteroatoms. The highest BCUT2D eigenvalue weighted by Crippen LogP contribution is 2.38. The van der Waals surface area contributed by atoms with Crippen LogP contribution in [0.4, 0.5) is 0 Å². The molecule has 1 aromatic carbocycles. The third kappa shape index (κ3) is 4.35. The molecule has 2 rings (SSSR count). The van der Waals surface area contributed by atoms with Gasteiger partial charge in [-0.15, -0.1) is 0 Å². The number of nitrogens with one attached hydrogen (secondary N) is 2. The molecule has 4 N–H and O–H groups in total. The van der Waals surface area contributed by atoms with E-state index in [-0.39, 0.29) is 29.8 Å². The van der Waals surface area contributed by atoms with E-state index in [0.717, 1.165) is 31.2 Å². The number of carbonyl (C=O) groups excluding carboxylic acids is 2. The van der Waals surface area contributed by atoms with Gasteiger partial charge in [0, 0.05) is 0 Å². The first-order chi connectivity index (χ1) is 11.3. The van der Waals surface area contributed by atoms with E-state index < -0.39 is 6.04 Å². The number of benzene rings is 1. The third-order valence-corrected chi connectivity index (χ3v) is 4.85. The summed E-state index contributed by atoms with van der Waals surface area (Å²) in [5, 5.41) is 5.81. The number of carbonyl (C=O) groups is 2. The van der Waals surface area contributed by atoms with Crippen molar-refractivity contribution in [3.8, 4) is 0 Å². The Morgan fingerprint density at radius 1 is 1.25 bits per heavy atom. The number of aryl methyl sites for hydroxylation is 1. The van der Waals surface area contributed by atoms with Gasteiger partial charge in [-0.3, -0.25) is 9.59 Å². The second-order valence-electron chi connectivity index (χ2n) is 7.19. The van der Waals surface area contributed by atoms with Crippen molar-refractivity contribution in [2.75, 3.05) is 6.54 Å². The lowest BCUT2D eigenvalue weighted by Gasteiger charge is -2.31. The van der Waals surface area contributed by atoms with Gasteiger partial charge < -0.3 is 16.4 Å². The topological polar surface area (TPSA) is 84.2 Å². The second-order valence-corrected chi connectivity index (χ2v) is 7.19. The van der Waals surface area contributed by atoms with Gasteiger partial charge in [-0.25, -0.2) is 0 Å². The summed E-state index contributed by atoms with van der Waals surface area (Å²) in [5.41, 5.74) is 7.82. The molecule has 0 saturated heterocycles. The highest BCUT2D eigenvalue weighted by Gasteiger charge is 2.37. The number of amides is 2. The Hall–Kier alpha value is -1.88. The van der Waals surface area contributed by atoms with E-state index in [9.17, 15) is 9.59 Å². The minimum atomic E-state index is -0.588. The Bertz CT molecular complexity index is 592. The molecule has 1 saturated carbocycles. The maximum atomic E-state index is 12.4. The number of rotatable bonds is 6. The van der Waals surface area contributed by atoms with E-state index in [2.05, 4.69) is 35.8 Å². The van der Waals surface area contributed by atoms with Crippen LogP contribution in [0.3, 0.4) is 0 Å². The molecule has 0 heterocycles. The molecule has 1 aliphatic rings. The summed E-state index contributed by atoms with van der Waals surface area (Å²) in [4.78, 5) is 24.3. The van der Waals surface area contributed by atoms with Crippen molar-refractivity contribution in [1.82, 2.24) is 10.6 Å². The van der Waals surface area contributed by atoms with Crippen molar-refractivity contribution in [1.29, 1.82) is 0 Å². The van der Waals surface area contributed by atoms with Crippen LogP contribution in [0, 0.1) is 12.8 Å². The van der Waals surface area contributed by atoms with Crippen molar-refractivity contribution >= 4 is 11.8 Å². The highest BCUT2D eigenvalue weighted by atomic mass is 16.2. The predicted octanol–water partition coefficient (Wildman–Crippen LogP) is 1.98. The minimum Gasteiger partial charge on any atom is -0.346 e. The predicted molar refractivity (Wildman–Crippen MR) is 95.3 cm³/mol. The summed E-state index contributed by atoms with van der Waals surface area (Å²) in [7, 11) is 0. The molecule has 1 fully saturated rings. The van der Waals surface area contributed by atoms with Crippen LogP contribution in [0.1, 0.15) is 50.7 Å². The second kappa shape index (κ2) is 7.79. The normalized spacial score (nSPS) is 17.5. The van der Waals surface area contributed by atoms with Gasteiger partial charge in [0.1, 0.15) is 0 Å². The summed E-state index contributed by atoms with van der Waals surface area (Å²) in [6.45, 7) is 5.79. The third-order valence-electron chi connectivity index (χ3n) is 4.85. The molecule has 0 spiro atoms. The van der Waals surface area contributed by atoms with Gasteiger partial charge in [-0.1, -0.05) is 56.5 Å². The maximum absolute atomic E-state index is 12.4. The molecule has 132 valence electrons. The molecule has 0 bridgehead atoms. The van der Waals surface area contributed by atoms with Crippen LogP contribution in [0.2, 0.25) is 0 Å². The van der Waals surface area contributed by atoms with Crippen LogP contribution in [0.15, 0.2) is 24.3 Å². The fourth-order valence-corrected chi connectivity index (χ4v) is 3.31. The molecule has 0 aromatic heterocycles. The maximum Gasteiger partial charge on any atom is 0.240 e. The standard InChI is InChI=1S/C19H29N3O2/c1-13(2)17(20)18(24)21-12-16(23)22-19(9-4-5-10-19)15-8-6-7-14(3)11-15/h6-8,11,13,17H,4-5,9-10,12,20H2,1-3H3,(H,21,24)(H,22,23)/t17-/m0/s1. The van der Waals surface area contributed by atoms with Gasteiger partial charge in [0.05, 0.1) is 18.1 Å². The fourth-order valence-electron chi connectivity index (χ4n) is 3.31. The lowest BCUT2D eigenvalue weighted by molar-refractivity contribution is -0.128. The zero-order chi connectivity index (χ0) is 17.7. The Balaban J connectivity index is 2.01. The van der Waals surface area contributed by atoms with Gasteiger partial charge in [0.2, 0.25) is 11.8 Å². The number of nitrogens with two attached hydrogens (primary N) is 1. The van der Waals surface area contributed by atoms with Crippen LogP contribution in [0.25, 0.3) is 0 Å². The largest absolute Gasteiger partial charge is 0.346 e. The van der Waals surface area contributed by atoms with Crippen LogP contribution < -0.4 is 16.4 Å². The van der Waals surface area contributed by atoms with Crippen molar-refractivity contribution in [3.05, 3.63) is 35.4 Å². The van der Waals surface area contributed by atoms with E-state index in [1.807, 2.05) is 19.9 Å². The van der Waals surface area contributed by atoms with Crippen LogP contribution in [0.5, 0.6) is 0 Å². The molecule has 1 aromatic rings. The summed E-state index contributed by atoms with van der Waals surface area (Å²) in [6.07, 6.45) is 4.06. The first kappa shape index (κ1) is 18.5. The lowest BCUT2D eigenvalue weighted by Crippen LogP contribution is -2.51. The van der Waals surface area contributed by atoms with E-state index in [0.29, 0.717) is 0 Å². The molecule has 2 amide bonds. The van der Waals surface area contributed by atoms with Gasteiger partial charge in [-0.2, -0.15) is 0 Å². The van der Waals surface area contributed by atoms with Crippen LogP contribution in [-0.4, -0.2) is 24.4 Å². The molecule has 0 radical (unpaired) electrons.